The van der Waals surface area contributed by atoms with Gasteiger partial charge in [-0.2, -0.15) is 0 Å². The third-order valence-electron chi connectivity index (χ3n) is 4.64. The number of nitrogens with two attached hydrogens (primary N) is 1. The highest BCUT2D eigenvalue weighted by Crippen LogP contribution is 2.49. The van der Waals surface area contributed by atoms with Gasteiger partial charge in [-0.1, -0.05) is 30.3 Å². The molecule has 3 rings (SSSR count). The lowest BCUT2D eigenvalue weighted by molar-refractivity contribution is -0.125. The molecule has 0 unspecified atom stereocenters. The second kappa shape index (κ2) is 4.62. The quantitative estimate of drug-likeness (QED) is 0.881. The molecule has 1 aromatic rings. The molecule has 2 heterocycles. The predicted molar refractivity (Wildman–Crippen MR) is 72.7 cm³/mol. The Labute approximate surface area is 113 Å². The summed E-state index contributed by atoms with van der Waals surface area (Å²) in [5.74, 6) is 0.408. The fraction of sp³-hybridized carbons (Fsp3) is 0.533. The highest BCUT2D eigenvalue weighted by atomic mass is 16.5. The van der Waals surface area contributed by atoms with Crippen LogP contribution in [-0.4, -0.2) is 43.2 Å². The molecule has 2 atom stereocenters. The summed E-state index contributed by atoms with van der Waals surface area (Å²) in [6.07, 6.45) is 0.450. The normalized spacial score (nSPS) is 29.3. The molecule has 0 radical (unpaired) electrons. The van der Waals surface area contributed by atoms with Crippen molar-refractivity contribution in [2.75, 3.05) is 26.8 Å². The van der Waals surface area contributed by atoms with Gasteiger partial charge in [0.25, 0.3) is 0 Å². The van der Waals surface area contributed by atoms with Gasteiger partial charge >= 0.3 is 0 Å². The van der Waals surface area contributed by atoms with Crippen LogP contribution in [0.4, 0.5) is 0 Å². The summed E-state index contributed by atoms with van der Waals surface area (Å²) >= 11 is 0. The van der Waals surface area contributed by atoms with Crippen molar-refractivity contribution in [2.24, 2.45) is 11.7 Å². The first-order valence-electron chi connectivity index (χ1n) is 6.76. The summed E-state index contributed by atoms with van der Waals surface area (Å²) < 4.78 is 5.48. The van der Waals surface area contributed by atoms with E-state index in [1.165, 1.54) is 5.56 Å². The van der Waals surface area contributed by atoms with Crippen LogP contribution in [0.1, 0.15) is 17.9 Å². The van der Waals surface area contributed by atoms with Crippen molar-refractivity contribution in [1.29, 1.82) is 0 Å². The second-order valence-corrected chi connectivity index (χ2v) is 5.80. The van der Waals surface area contributed by atoms with Gasteiger partial charge in [0.05, 0.1) is 18.8 Å². The molecule has 102 valence electrons. The van der Waals surface area contributed by atoms with Crippen molar-refractivity contribution < 1.29 is 9.53 Å². The lowest BCUT2D eigenvalue weighted by Crippen LogP contribution is -2.60. The summed E-state index contributed by atoms with van der Waals surface area (Å²) in [6.45, 7) is 2.41. The van der Waals surface area contributed by atoms with Gasteiger partial charge in [0, 0.05) is 18.9 Å². The zero-order valence-electron chi connectivity index (χ0n) is 11.2. The number of primary amides is 1. The minimum absolute atomic E-state index is 0.0570. The lowest BCUT2D eigenvalue weighted by Gasteiger charge is -2.48. The van der Waals surface area contributed by atoms with Crippen LogP contribution in [0.2, 0.25) is 0 Å². The third kappa shape index (κ3) is 1.95. The standard InChI is InChI=1S/C15H20N2O2/c1-17-8-12(7-13(16)18)14(15(17)9-19-10-15)11-5-3-2-4-6-11/h2-6,12,14H,7-10H2,1H3,(H2,16,18)/t12-,14+/m1/s1. The maximum atomic E-state index is 11.3. The Morgan fingerprint density at radius 1 is 1.42 bits per heavy atom. The number of amides is 1. The van der Waals surface area contributed by atoms with Crippen molar-refractivity contribution in [3.8, 4) is 0 Å². The van der Waals surface area contributed by atoms with Crippen LogP contribution in [-0.2, 0) is 9.53 Å². The zero-order valence-corrected chi connectivity index (χ0v) is 11.2. The number of rotatable bonds is 3. The van der Waals surface area contributed by atoms with Gasteiger partial charge in [-0.3, -0.25) is 9.69 Å². The topological polar surface area (TPSA) is 55.6 Å². The number of likely N-dealkylation sites (N-methyl/N-ethyl adjacent to an activating group) is 1. The van der Waals surface area contributed by atoms with Crippen LogP contribution in [0.3, 0.4) is 0 Å². The first-order valence-corrected chi connectivity index (χ1v) is 6.76. The van der Waals surface area contributed by atoms with Crippen LogP contribution >= 0.6 is 0 Å². The highest BCUT2D eigenvalue weighted by Gasteiger charge is 2.57. The fourth-order valence-electron chi connectivity index (χ4n) is 3.71. The van der Waals surface area contributed by atoms with Crippen LogP contribution in [0.15, 0.2) is 30.3 Å². The SMILES string of the molecule is CN1C[C@@H](CC(N)=O)[C@H](c2ccccc2)C12COC2. The number of ether oxygens (including phenoxy) is 1. The third-order valence-corrected chi connectivity index (χ3v) is 4.64. The maximum Gasteiger partial charge on any atom is 0.217 e. The van der Waals surface area contributed by atoms with Crippen LogP contribution in [0.5, 0.6) is 0 Å². The minimum Gasteiger partial charge on any atom is -0.377 e. The molecule has 1 amide bonds. The van der Waals surface area contributed by atoms with E-state index in [-0.39, 0.29) is 17.4 Å². The van der Waals surface area contributed by atoms with Crippen LogP contribution < -0.4 is 5.73 Å². The fourth-order valence-corrected chi connectivity index (χ4v) is 3.71. The van der Waals surface area contributed by atoms with E-state index in [0.717, 1.165) is 19.8 Å². The van der Waals surface area contributed by atoms with E-state index in [9.17, 15) is 4.79 Å². The molecule has 1 spiro atoms. The summed E-state index contributed by atoms with van der Waals surface area (Å²) in [4.78, 5) is 13.7. The van der Waals surface area contributed by atoms with Crippen molar-refractivity contribution in [2.45, 2.75) is 17.9 Å². The molecule has 0 bridgehead atoms. The lowest BCUT2D eigenvalue weighted by atomic mass is 9.73. The zero-order chi connectivity index (χ0) is 13.5. The molecule has 4 nitrogen and oxygen atoms in total. The van der Waals surface area contributed by atoms with Crippen molar-refractivity contribution >= 4 is 5.91 Å². The molecule has 0 aromatic heterocycles. The van der Waals surface area contributed by atoms with Gasteiger partial charge in [-0.15, -0.1) is 0 Å². The van der Waals surface area contributed by atoms with E-state index >= 15 is 0 Å². The van der Waals surface area contributed by atoms with E-state index in [4.69, 9.17) is 10.5 Å². The Morgan fingerprint density at radius 3 is 2.63 bits per heavy atom. The Morgan fingerprint density at radius 2 is 2.11 bits per heavy atom. The van der Waals surface area contributed by atoms with E-state index in [2.05, 4.69) is 36.2 Å². The number of benzene rings is 1. The first kappa shape index (κ1) is 12.6. The molecule has 1 aromatic carbocycles. The maximum absolute atomic E-state index is 11.3. The van der Waals surface area contributed by atoms with E-state index < -0.39 is 0 Å². The molecule has 2 saturated heterocycles. The Balaban J connectivity index is 1.96. The summed E-state index contributed by atoms with van der Waals surface area (Å²) in [5.41, 5.74) is 6.77. The molecular weight excluding hydrogens is 240 g/mol. The molecule has 2 aliphatic heterocycles. The number of hydrogen-bond acceptors (Lipinski definition) is 3. The number of carbonyl (C=O) groups excluding carboxylic acids is 1. The molecular formula is C15H20N2O2. The Bertz CT molecular complexity index is 470. The smallest absolute Gasteiger partial charge is 0.217 e. The number of likely N-dealkylation sites (tertiary alicyclic amines) is 1. The van der Waals surface area contributed by atoms with Gasteiger partial charge in [-0.25, -0.2) is 0 Å². The molecule has 2 aliphatic rings. The van der Waals surface area contributed by atoms with Gasteiger partial charge in [0.15, 0.2) is 0 Å². The van der Waals surface area contributed by atoms with E-state index in [0.29, 0.717) is 12.3 Å². The first-order chi connectivity index (χ1) is 9.13. The van der Waals surface area contributed by atoms with Crippen molar-refractivity contribution in [3.63, 3.8) is 0 Å². The molecule has 2 N–H and O–H groups in total. The predicted octanol–water partition coefficient (Wildman–Crippen LogP) is 0.976. The van der Waals surface area contributed by atoms with Gasteiger partial charge in [0.2, 0.25) is 5.91 Å². The second-order valence-electron chi connectivity index (χ2n) is 5.80. The van der Waals surface area contributed by atoms with E-state index in [1.807, 2.05) is 6.07 Å². The average molecular weight is 260 g/mol. The largest absolute Gasteiger partial charge is 0.377 e. The minimum atomic E-state index is -0.211. The number of carbonyl (C=O) groups is 1. The summed E-state index contributed by atoms with van der Waals surface area (Å²) in [5, 5.41) is 0. The average Bonchev–Trinajstić information content (AvgIpc) is 2.61. The Kier molecular flexibility index (Phi) is 3.07. The summed E-state index contributed by atoms with van der Waals surface area (Å²) in [6, 6.07) is 10.4. The molecule has 2 fully saturated rings. The number of nitrogens with zero attached hydrogens (tertiary/aromatic N) is 1. The molecule has 19 heavy (non-hydrogen) atoms. The van der Waals surface area contributed by atoms with E-state index in [1.54, 1.807) is 0 Å². The van der Waals surface area contributed by atoms with Crippen LogP contribution in [0.25, 0.3) is 0 Å². The monoisotopic (exact) mass is 260 g/mol. The van der Waals surface area contributed by atoms with Gasteiger partial charge in [0.1, 0.15) is 0 Å². The van der Waals surface area contributed by atoms with Gasteiger partial charge in [-0.05, 0) is 18.5 Å². The highest BCUT2D eigenvalue weighted by molar-refractivity contribution is 5.74. The molecule has 4 heteroatoms. The number of hydrogen-bond donors (Lipinski definition) is 1. The van der Waals surface area contributed by atoms with Gasteiger partial charge < -0.3 is 10.5 Å². The molecule has 0 aliphatic carbocycles. The summed E-state index contributed by atoms with van der Waals surface area (Å²) in [7, 11) is 2.12. The van der Waals surface area contributed by atoms with Crippen molar-refractivity contribution in [1.82, 2.24) is 4.90 Å². The molecule has 0 saturated carbocycles. The van der Waals surface area contributed by atoms with Crippen molar-refractivity contribution in [3.05, 3.63) is 35.9 Å². The van der Waals surface area contributed by atoms with Crippen LogP contribution in [0, 0.1) is 5.92 Å². The Hall–Kier alpha value is -1.39.